The van der Waals surface area contributed by atoms with Crippen molar-refractivity contribution in [3.05, 3.63) is 148 Å². The Hall–Kier alpha value is -4.79. The lowest BCUT2D eigenvalue weighted by atomic mass is 10.1. The molecule has 5 aromatic rings. The number of nitrogens with one attached hydrogen (secondary N) is 1. The van der Waals surface area contributed by atoms with E-state index in [2.05, 4.69) is 44.5 Å². The maximum absolute atomic E-state index is 14.5. The van der Waals surface area contributed by atoms with Crippen LogP contribution in [0.3, 0.4) is 0 Å². The van der Waals surface area contributed by atoms with Crippen LogP contribution in [0.15, 0.2) is 109 Å². The second-order valence-corrected chi connectivity index (χ2v) is 11.0. The third kappa shape index (κ3) is 6.66. The average molecular weight is 593 g/mol. The first-order valence-corrected chi connectivity index (χ1v) is 14.3. The van der Waals surface area contributed by atoms with Gasteiger partial charge in [-0.2, -0.15) is 4.98 Å². The summed E-state index contributed by atoms with van der Waals surface area (Å²) in [4.78, 5) is 26.7. The minimum Gasteiger partial charge on any atom is -0.383 e. The van der Waals surface area contributed by atoms with Crippen LogP contribution in [0.5, 0.6) is 0 Å². The molecule has 1 atom stereocenters. The van der Waals surface area contributed by atoms with Crippen molar-refractivity contribution in [1.82, 2.24) is 14.9 Å². The molecule has 7 nitrogen and oxygen atoms in total. The van der Waals surface area contributed by atoms with Gasteiger partial charge in [0.25, 0.3) is 5.91 Å². The van der Waals surface area contributed by atoms with Crippen molar-refractivity contribution in [3.63, 3.8) is 0 Å². The van der Waals surface area contributed by atoms with Gasteiger partial charge in [-0.3, -0.25) is 14.6 Å². The van der Waals surface area contributed by atoms with Crippen molar-refractivity contribution in [2.75, 3.05) is 22.6 Å². The molecule has 216 valence electrons. The lowest BCUT2D eigenvalue weighted by Crippen LogP contribution is -2.41. The number of benzene rings is 4. The Morgan fingerprint density at radius 3 is 2.16 bits per heavy atom. The van der Waals surface area contributed by atoms with E-state index in [1.54, 1.807) is 17.2 Å². The predicted molar refractivity (Wildman–Crippen MR) is 168 cm³/mol. The molecule has 0 bridgehead atoms. The van der Waals surface area contributed by atoms with Crippen LogP contribution in [0.25, 0.3) is 0 Å². The quantitative estimate of drug-likeness (QED) is 0.190. The first kappa shape index (κ1) is 28.3. The van der Waals surface area contributed by atoms with Crippen LogP contribution in [-0.2, 0) is 24.3 Å². The zero-order chi connectivity index (χ0) is 29.8. The van der Waals surface area contributed by atoms with Gasteiger partial charge in [-0.05, 0) is 47.0 Å². The number of carbonyl (C=O) groups is 1. The minimum atomic E-state index is -0.873. The van der Waals surface area contributed by atoms with Crippen molar-refractivity contribution in [2.45, 2.75) is 25.6 Å². The molecule has 2 heterocycles. The van der Waals surface area contributed by atoms with Gasteiger partial charge in [0.1, 0.15) is 17.7 Å². The molecule has 0 aliphatic carbocycles. The van der Waals surface area contributed by atoms with E-state index in [1.165, 1.54) is 12.1 Å². The fourth-order valence-electron chi connectivity index (χ4n) is 5.31. The van der Waals surface area contributed by atoms with Gasteiger partial charge in [-0.1, -0.05) is 84.4 Å². The van der Waals surface area contributed by atoms with E-state index in [4.69, 9.17) is 17.3 Å². The van der Waals surface area contributed by atoms with Gasteiger partial charge in [-0.25, -0.2) is 9.37 Å². The number of amides is 1. The maximum atomic E-state index is 14.5. The number of rotatable bonds is 10. The largest absolute Gasteiger partial charge is 0.383 e. The first-order valence-electron chi connectivity index (χ1n) is 14.0. The number of aromatic nitrogens is 2. The Morgan fingerprint density at radius 2 is 1.53 bits per heavy atom. The third-order valence-electron chi connectivity index (χ3n) is 7.42. The van der Waals surface area contributed by atoms with E-state index < -0.39 is 11.9 Å². The van der Waals surface area contributed by atoms with Gasteiger partial charge in [-0.15, -0.1) is 0 Å². The molecule has 0 radical (unpaired) electrons. The van der Waals surface area contributed by atoms with Crippen molar-refractivity contribution in [1.29, 1.82) is 0 Å². The van der Waals surface area contributed by atoms with Gasteiger partial charge in [0.05, 0.1) is 12.4 Å². The highest BCUT2D eigenvalue weighted by molar-refractivity contribution is 6.30. The zero-order valence-electron chi connectivity index (χ0n) is 23.3. The maximum Gasteiger partial charge on any atom is 0.255 e. The summed E-state index contributed by atoms with van der Waals surface area (Å²) in [6.07, 6.45) is 2.18. The monoisotopic (exact) mass is 592 g/mol. The van der Waals surface area contributed by atoms with Crippen LogP contribution in [-0.4, -0.2) is 27.4 Å². The van der Waals surface area contributed by atoms with Crippen molar-refractivity contribution >= 4 is 35.0 Å². The molecule has 3 N–H and O–H groups in total. The lowest BCUT2D eigenvalue weighted by molar-refractivity contribution is -0.119. The van der Waals surface area contributed by atoms with Gasteiger partial charge in [0, 0.05) is 41.9 Å². The van der Waals surface area contributed by atoms with Crippen molar-refractivity contribution in [3.8, 4) is 0 Å². The summed E-state index contributed by atoms with van der Waals surface area (Å²) >= 11 is 6.00. The van der Waals surface area contributed by atoms with Crippen LogP contribution in [0.1, 0.15) is 33.9 Å². The number of fused-ring (bicyclic) bond motifs is 1. The summed E-state index contributed by atoms with van der Waals surface area (Å²) in [7, 11) is 0. The number of nitrogens with two attached hydrogens (primary N) is 1. The van der Waals surface area contributed by atoms with Crippen LogP contribution in [0.2, 0.25) is 5.02 Å². The summed E-state index contributed by atoms with van der Waals surface area (Å²) in [5.41, 5.74) is 11.5. The van der Waals surface area contributed by atoms with E-state index in [-0.39, 0.29) is 11.9 Å². The predicted octanol–water partition coefficient (Wildman–Crippen LogP) is 6.60. The van der Waals surface area contributed by atoms with E-state index in [9.17, 15) is 9.18 Å². The molecule has 1 unspecified atom stereocenters. The van der Waals surface area contributed by atoms with E-state index in [0.29, 0.717) is 48.3 Å². The highest BCUT2D eigenvalue weighted by atomic mass is 35.5. The molecular formula is C34H30ClFN6O. The zero-order valence-corrected chi connectivity index (χ0v) is 24.1. The summed E-state index contributed by atoms with van der Waals surface area (Å²) < 4.78 is 14.5. The molecule has 1 aliphatic rings. The lowest BCUT2D eigenvalue weighted by Gasteiger charge is -2.29. The van der Waals surface area contributed by atoms with Crippen molar-refractivity contribution in [2.24, 2.45) is 0 Å². The molecule has 43 heavy (non-hydrogen) atoms. The SMILES string of the molecule is Nc1nc(NC2C(=O)N(CN(Cc3ccccc3)Cc3ccccc3)c3ccc(F)cc32)ncc1Cc1ccc(Cl)cc1. The van der Waals surface area contributed by atoms with Gasteiger partial charge >= 0.3 is 0 Å². The Balaban J connectivity index is 1.24. The standard InChI is InChI=1S/C34H30ClFN6O/c35-27-13-11-23(12-14-27)17-26-19-38-34(40-32(26)37)39-31-29-18-28(36)15-16-30(29)42(33(31)43)22-41(20-24-7-3-1-4-8-24)21-25-9-5-2-6-10-25/h1-16,18-19,31H,17,20-22H2,(H3,37,38,39,40). The molecule has 1 amide bonds. The first-order chi connectivity index (χ1) is 20.9. The molecule has 0 saturated carbocycles. The van der Waals surface area contributed by atoms with Crippen LogP contribution >= 0.6 is 11.6 Å². The van der Waals surface area contributed by atoms with E-state index >= 15 is 0 Å². The number of carbonyl (C=O) groups excluding carboxylic acids is 1. The second kappa shape index (κ2) is 12.6. The van der Waals surface area contributed by atoms with Crippen LogP contribution in [0.4, 0.5) is 21.8 Å². The Kier molecular flexibility index (Phi) is 8.31. The van der Waals surface area contributed by atoms with E-state index in [1.807, 2.05) is 60.7 Å². The van der Waals surface area contributed by atoms with Gasteiger partial charge in [0.15, 0.2) is 0 Å². The van der Waals surface area contributed by atoms with E-state index in [0.717, 1.165) is 22.3 Å². The van der Waals surface area contributed by atoms with Crippen molar-refractivity contribution < 1.29 is 9.18 Å². The number of hydrogen-bond acceptors (Lipinski definition) is 6. The molecule has 0 fully saturated rings. The molecule has 4 aromatic carbocycles. The van der Waals surface area contributed by atoms with Crippen LogP contribution in [0, 0.1) is 5.82 Å². The highest BCUT2D eigenvalue weighted by Crippen LogP contribution is 2.38. The van der Waals surface area contributed by atoms with Crippen LogP contribution < -0.4 is 16.0 Å². The normalized spacial score (nSPS) is 14.3. The average Bonchev–Trinajstić information content (AvgIpc) is 3.25. The minimum absolute atomic E-state index is 0.193. The Bertz CT molecular complexity index is 1680. The number of hydrogen-bond donors (Lipinski definition) is 2. The smallest absolute Gasteiger partial charge is 0.255 e. The number of halogens is 2. The van der Waals surface area contributed by atoms with Gasteiger partial charge < -0.3 is 11.1 Å². The second-order valence-electron chi connectivity index (χ2n) is 10.6. The summed E-state index contributed by atoms with van der Waals surface area (Å²) in [6.45, 7) is 1.56. The molecule has 1 aliphatic heterocycles. The summed E-state index contributed by atoms with van der Waals surface area (Å²) in [5.74, 6) is -0.159. The molecule has 0 saturated heterocycles. The Labute approximate surface area is 254 Å². The third-order valence-corrected chi connectivity index (χ3v) is 7.68. The topological polar surface area (TPSA) is 87.4 Å². The molecule has 9 heteroatoms. The molecule has 6 rings (SSSR count). The molecule has 0 spiro atoms. The highest BCUT2D eigenvalue weighted by Gasteiger charge is 2.39. The number of nitrogen functional groups attached to an aromatic ring is 1. The number of nitrogens with zero attached hydrogens (tertiary/aromatic N) is 4. The fraction of sp³-hybridized carbons (Fsp3) is 0.147. The molecular weight excluding hydrogens is 563 g/mol. The Morgan fingerprint density at radius 1 is 0.884 bits per heavy atom. The molecule has 1 aromatic heterocycles. The summed E-state index contributed by atoms with van der Waals surface area (Å²) in [5, 5.41) is 3.78. The fourth-order valence-corrected chi connectivity index (χ4v) is 5.44. The summed E-state index contributed by atoms with van der Waals surface area (Å²) in [6, 6.07) is 31.3. The van der Waals surface area contributed by atoms with Gasteiger partial charge in [0.2, 0.25) is 5.95 Å². The number of anilines is 3.